The summed E-state index contributed by atoms with van der Waals surface area (Å²) < 4.78 is 14.6. The van der Waals surface area contributed by atoms with Crippen LogP contribution >= 0.6 is 8.38 Å². The van der Waals surface area contributed by atoms with Crippen molar-refractivity contribution in [2.24, 2.45) is 0 Å². The molecule has 0 heterocycles. The maximum absolute atomic E-state index is 9.29. The van der Waals surface area contributed by atoms with E-state index < -0.39 is 14.5 Å². The molecule has 1 N–H and O–H groups in total. The molecule has 0 aromatic heterocycles. The van der Waals surface area contributed by atoms with Crippen molar-refractivity contribution in [3.05, 3.63) is 10.7 Å². The minimum Gasteiger partial charge on any atom is -0.382 e. The predicted octanol–water partition coefficient (Wildman–Crippen LogP) is 0.104. The Morgan fingerprint density at radius 1 is 1.36 bits per heavy atom. The molecule has 0 aliphatic carbocycles. The van der Waals surface area contributed by atoms with Crippen LogP contribution in [0.3, 0.4) is 0 Å². The van der Waals surface area contributed by atoms with Crippen LogP contribution in [0.5, 0.6) is 0 Å². The van der Waals surface area contributed by atoms with Gasteiger partial charge in [-0.25, -0.2) is 0 Å². The minimum absolute atomic E-state index is 0.103. The van der Waals surface area contributed by atoms with E-state index in [-0.39, 0.29) is 17.3 Å². The maximum Gasteiger partial charge on any atom is 0.185 e. The van der Waals surface area contributed by atoms with Gasteiger partial charge in [0.25, 0.3) is 0 Å². The second-order valence-corrected chi connectivity index (χ2v) is 3.87. The standard InChI is InChI=1S/C7H13B2O4P/c1-11-4-5(12-2)6(8)7(9)14(10)13-3/h5,10H,4H2,1-3H3/b7-6-. The first-order chi connectivity index (χ1) is 6.58. The molecule has 0 bridgehead atoms. The van der Waals surface area contributed by atoms with Crippen molar-refractivity contribution in [1.82, 2.24) is 0 Å². The van der Waals surface area contributed by atoms with Gasteiger partial charge in [-0.05, 0) is 0 Å². The Kier molecular flexibility index (Phi) is 7.51. The van der Waals surface area contributed by atoms with Crippen LogP contribution in [-0.4, -0.2) is 54.6 Å². The van der Waals surface area contributed by atoms with E-state index in [2.05, 4.69) is 4.52 Å². The molecule has 0 spiro atoms. The molecular weight excluding hydrogens is 201 g/mol. The molecule has 4 radical (unpaired) electrons. The van der Waals surface area contributed by atoms with Gasteiger partial charge in [-0.15, -0.1) is 0 Å². The van der Waals surface area contributed by atoms with E-state index in [1.807, 2.05) is 0 Å². The molecule has 0 aromatic rings. The molecule has 0 saturated heterocycles. The van der Waals surface area contributed by atoms with E-state index in [1.54, 1.807) is 0 Å². The molecule has 0 aromatic carbocycles. The zero-order valence-corrected chi connectivity index (χ0v) is 9.45. The van der Waals surface area contributed by atoms with Crippen LogP contribution in [0.1, 0.15) is 0 Å². The van der Waals surface area contributed by atoms with Gasteiger partial charge in [0.15, 0.2) is 8.38 Å². The van der Waals surface area contributed by atoms with Crippen molar-refractivity contribution in [3.63, 3.8) is 0 Å². The lowest BCUT2D eigenvalue weighted by molar-refractivity contribution is 0.0544. The zero-order chi connectivity index (χ0) is 11.1. The quantitative estimate of drug-likeness (QED) is 0.503. The Bertz CT molecular complexity index is 200. The molecule has 0 aliphatic rings. The minimum atomic E-state index is -1.83. The third kappa shape index (κ3) is 4.11. The summed E-state index contributed by atoms with van der Waals surface area (Å²) in [4.78, 5) is 9.29. The van der Waals surface area contributed by atoms with Gasteiger partial charge in [-0.3, -0.25) is 0 Å². The fraction of sp³-hybridized carbons (Fsp3) is 0.714. The number of rotatable bonds is 6. The summed E-state index contributed by atoms with van der Waals surface area (Å²) in [5, 5.41) is 0.103. The first-order valence-corrected chi connectivity index (χ1v) is 5.09. The van der Waals surface area contributed by atoms with Crippen molar-refractivity contribution in [2.45, 2.75) is 6.10 Å². The molecule has 0 fully saturated rings. The molecule has 0 aliphatic heterocycles. The van der Waals surface area contributed by atoms with Crippen LogP contribution in [-0.2, 0) is 14.0 Å². The monoisotopic (exact) mass is 214 g/mol. The summed E-state index contributed by atoms with van der Waals surface area (Å²) in [7, 11) is 13.7. The SMILES string of the molecule is [B]/C(=C(/[B])P(O)OC)C(COC)OC. The largest absolute Gasteiger partial charge is 0.382 e. The van der Waals surface area contributed by atoms with Crippen LogP contribution in [0.2, 0.25) is 0 Å². The van der Waals surface area contributed by atoms with E-state index >= 15 is 0 Å². The summed E-state index contributed by atoms with van der Waals surface area (Å²) in [6, 6.07) is 0. The molecule has 0 saturated carbocycles. The zero-order valence-electron chi connectivity index (χ0n) is 8.56. The maximum atomic E-state index is 9.29. The first kappa shape index (κ1) is 14.1. The Morgan fingerprint density at radius 3 is 2.29 bits per heavy atom. The highest BCUT2D eigenvalue weighted by Gasteiger charge is 2.15. The van der Waals surface area contributed by atoms with Crippen LogP contribution in [0.25, 0.3) is 0 Å². The van der Waals surface area contributed by atoms with Gasteiger partial charge in [0.05, 0.1) is 12.7 Å². The predicted molar refractivity (Wildman–Crippen MR) is 57.4 cm³/mol. The molecule has 76 valence electrons. The number of hydrogen-bond acceptors (Lipinski definition) is 4. The number of hydrogen-bond donors (Lipinski definition) is 1. The van der Waals surface area contributed by atoms with Gasteiger partial charge in [-0.2, -0.15) is 0 Å². The summed E-state index contributed by atoms with van der Waals surface area (Å²) in [6.45, 7) is 0.274. The van der Waals surface area contributed by atoms with E-state index in [9.17, 15) is 4.89 Å². The molecule has 2 unspecified atom stereocenters. The van der Waals surface area contributed by atoms with Crippen LogP contribution in [0.4, 0.5) is 0 Å². The summed E-state index contributed by atoms with van der Waals surface area (Å²) >= 11 is 0. The highest BCUT2D eigenvalue weighted by atomic mass is 31.2. The Labute approximate surface area is 88.4 Å². The summed E-state index contributed by atoms with van der Waals surface area (Å²) in [6.07, 6.45) is -0.465. The second-order valence-electron chi connectivity index (χ2n) is 2.48. The van der Waals surface area contributed by atoms with Gasteiger partial charge < -0.3 is 18.9 Å². The normalized spacial score (nSPS) is 17.4. The third-order valence-electron chi connectivity index (χ3n) is 1.62. The van der Waals surface area contributed by atoms with Crippen LogP contribution in [0, 0.1) is 0 Å². The molecule has 7 heteroatoms. The molecule has 14 heavy (non-hydrogen) atoms. The lowest BCUT2D eigenvalue weighted by Crippen LogP contribution is -2.21. The fourth-order valence-electron chi connectivity index (χ4n) is 0.810. The summed E-state index contributed by atoms with van der Waals surface area (Å²) in [5.74, 6) is 0. The number of methoxy groups -OCH3 is 2. The number of ether oxygens (including phenoxy) is 2. The van der Waals surface area contributed by atoms with E-state index in [1.165, 1.54) is 21.3 Å². The van der Waals surface area contributed by atoms with Crippen LogP contribution in [0.15, 0.2) is 10.7 Å². The fourth-order valence-corrected chi connectivity index (χ4v) is 1.37. The van der Waals surface area contributed by atoms with E-state index in [0.29, 0.717) is 0 Å². The topological polar surface area (TPSA) is 47.9 Å². The second kappa shape index (κ2) is 7.43. The smallest absolute Gasteiger partial charge is 0.185 e. The van der Waals surface area contributed by atoms with Gasteiger partial charge in [-0.1, -0.05) is 10.7 Å². The Balaban J connectivity index is 4.58. The van der Waals surface area contributed by atoms with Crippen molar-refractivity contribution in [1.29, 1.82) is 0 Å². The molecule has 0 rings (SSSR count). The van der Waals surface area contributed by atoms with Gasteiger partial charge in [0.2, 0.25) is 0 Å². The Hall–Kier alpha value is 0.140. The van der Waals surface area contributed by atoms with E-state index in [0.717, 1.165) is 0 Å². The lowest BCUT2D eigenvalue weighted by Gasteiger charge is -2.20. The van der Waals surface area contributed by atoms with Gasteiger partial charge >= 0.3 is 0 Å². The average Bonchev–Trinajstić information content (AvgIpc) is 2.22. The van der Waals surface area contributed by atoms with Crippen molar-refractivity contribution in [2.75, 3.05) is 27.9 Å². The van der Waals surface area contributed by atoms with E-state index in [4.69, 9.17) is 25.2 Å². The third-order valence-corrected chi connectivity index (χ3v) is 2.64. The molecule has 2 atom stereocenters. The highest BCUT2D eigenvalue weighted by molar-refractivity contribution is 7.53. The first-order valence-electron chi connectivity index (χ1n) is 3.88. The Morgan fingerprint density at radius 2 is 1.93 bits per heavy atom. The molecule has 4 nitrogen and oxygen atoms in total. The van der Waals surface area contributed by atoms with Crippen molar-refractivity contribution in [3.8, 4) is 0 Å². The average molecular weight is 214 g/mol. The van der Waals surface area contributed by atoms with Gasteiger partial charge in [0, 0.05) is 21.3 Å². The molecule has 0 amide bonds. The van der Waals surface area contributed by atoms with Crippen LogP contribution < -0.4 is 0 Å². The summed E-state index contributed by atoms with van der Waals surface area (Å²) in [5.41, 5.74) is 0.241. The molecular formula is C7H13B2O4P. The highest BCUT2D eigenvalue weighted by Crippen LogP contribution is 2.40. The lowest BCUT2D eigenvalue weighted by atomic mass is 9.85. The van der Waals surface area contributed by atoms with Crippen molar-refractivity contribution < 1.29 is 18.9 Å². The van der Waals surface area contributed by atoms with Crippen molar-refractivity contribution >= 4 is 24.1 Å². The van der Waals surface area contributed by atoms with Gasteiger partial charge in [0.1, 0.15) is 15.7 Å².